The zero-order valence-corrected chi connectivity index (χ0v) is 20.7. The van der Waals surface area contributed by atoms with E-state index in [0.29, 0.717) is 22.9 Å². The number of alkyl halides is 3. The van der Waals surface area contributed by atoms with Crippen molar-refractivity contribution in [3.63, 3.8) is 0 Å². The van der Waals surface area contributed by atoms with E-state index >= 15 is 0 Å². The van der Waals surface area contributed by atoms with Crippen molar-refractivity contribution in [3.05, 3.63) is 83.7 Å². The second kappa shape index (κ2) is 9.63. The van der Waals surface area contributed by atoms with E-state index in [9.17, 15) is 23.1 Å². The summed E-state index contributed by atoms with van der Waals surface area (Å²) in [4.78, 5) is 20.7. The zero-order chi connectivity index (χ0) is 27.1. The number of aliphatic carboxylic acids is 1. The Kier molecular flexibility index (Phi) is 6.46. The van der Waals surface area contributed by atoms with Crippen LogP contribution in [-0.4, -0.2) is 26.6 Å². The fourth-order valence-electron chi connectivity index (χ4n) is 4.11. The maximum atomic E-state index is 12.9. The molecular formula is C29H25F3N2O4. The first-order valence-corrected chi connectivity index (χ1v) is 12.1. The number of fused-ring (bicyclic) bond motifs is 1. The predicted octanol–water partition coefficient (Wildman–Crippen LogP) is 7.01. The Bertz CT molecular complexity index is 1500. The van der Waals surface area contributed by atoms with Gasteiger partial charge in [-0.1, -0.05) is 36.4 Å². The summed E-state index contributed by atoms with van der Waals surface area (Å²) in [5, 5.41) is 11.1. The lowest BCUT2D eigenvalue weighted by molar-refractivity contribution is -0.152. The Morgan fingerprint density at radius 1 is 1.05 bits per heavy atom. The Morgan fingerprint density at radius 2 is 1.76 bits per heavy atom. The van der Waals surface area contributed by atoms with Gasteiger partial charge >= 0.3 is 12.1 Å². The van der Waals surface area contributed by atoms with Crippen LogP contribution in [0.3, 0.4) is 0 Å². The smallest absolute Gasteiger partial charge is 0.416 e. The fraction of sp³-hybridized carbons (Fsp3) is 0.276. The Hall–Kier alpha value is -4.14. The number of rotatable bonds is 8. The SMILES string of the molecule is CC(C)(Oc1cc(OCc2cnc(-c3ccc(C(F)(F)F)cc3)nc2C2CC2)c2ccccc2c1)C(=O)O. The quantitative estimate of drug-likeness (QED) is 0.268. The molecule has 0 aliphatic heterocycles. The number of benzene rings is 3. The molecular weight excluding hydrogens is 497 g/mol. The van der Waals surface area contributed by atoms with E-state index in [1.165, 1.54) is 26.0 Å². The minimum absolute atomic E-state index is 0.162. The van der Waals surface area contributed by atoms with E-state index in [-0.39, 0.29) is 12.5 Å². The molecule has 0 spiro atoms. The van der Waals surface area contributed by atoms with Gasteiger partial charge in [0.25, 0.3) is 0 Å². The van der Waals surface area contributed by atoms with Crippen molar-refractivity contribution in [2.45, 2.75) is 51.0 Å². The molecule has 6 nitrogen and oxygen atoms in total. The maximum absolute atomic E-state index is 12.9. The molecule has 1 fully saturated rings. The number of hydrogen-bond donors (Lipinski definition) is 1. The minimum atomic E-state index is -4.41. The molecule has 3 aromatic carbocycles. The summed E-state index contributed by atoms with van der Waals surface area (Å²) in [7, 11) is 0. The van der Waals surface area contributed by atoms with Gasteiger partial charge in [-0.3, -0.25) is 0 Å². The zero-order valence-electron chi connectivity index (χ0n) is 20.7. The van der Waals surface area contributed by atoms with Crippen molar-refractivity contribution in [3.8, 4) is 22.9 Å². The summed E-state index contributed by atoms with van der Waals surface area (Å²) < 4.78 is 50.8. The Morgan fingerprint density at radius 3 is 2.42 bits per heavy atom. The molecule has 0 atom stereocenters. The number of carboxylic acid groups (broad SMARTS) is 1. The van der Waals surface area contributed by atoms with Crippen LogP contribution in [0.4, 0.5) is 13.2 Å². The van der Waals surface area contributed by atoms with Crippen LogP contribution in [0.1, 0.15) is 49.4 Å². The molecule has 0 saturated heterocycles. The third-order valence-electron chi connectivity index (χ3n) is 6.40. The first kappa shape index (κ1) is 25.5. The normalized spacial score (nSPS) is 13.9. The number of carboxylic acids is 1. The van der Waals surface area contributed by atoms with Gasteiger partial charge in [-0.2, -0.15) is 13.2 Å². The molecule has 9 heteroatoms. The van der Waals surface area contributed by atoms with Gasteiger partial charge in [0.1, 0.15) is 18.1 Å². The molecule has 4 aromatic rings. The Balaban J connectivity index is 1.42. The molecule has 1 heterocycles. The predicted molar refractivity (Wildman–Crippen MR) is 135 cm³/mol. The topological polar surface area (TPSA) is 81.5 Å². The van der Waals surface area contributed by atoms with E-state index in [2.05, 4.69) is 4.98 Å². The molecule has 0 radical (unpaired) electrons. The number of ether oxygens (including phenoxy) is 2. The molecule has 1 aliphatic rings. The van der Waals surface area contributed by atoms with E-state index in [1.54, 1.807) is 18.3 Å². The number of carbonyl (C=O) groups is 1. The summed E-state index contributed by atoms with van der Waals surface area (Å²) in [6.07, 6.45) is -0.820. The highest BCUT2D eigenvalue weighted by Crippen LogP contribution is 2.42. The van der Waals surface area contributed by atoms with Gasteiger partial charge in [-0.25, -0.2) is 14.8 Å². The monoisotopic (exact) mass is 522 g/mol. The number of halogens is 3. The molecule has 1 aliphatic carbocycles. The molecule has 0 bridgehead atoms. The van der Waals surface area contributed by atoms with Gasteiger partial charge in [0, 0.05) is 34.7 Å². The van der Waals surface area contributed by atoms with Gasteiger partial charge in [-0.05, 0) is 50.3 Å². The van der Waals surface area contributed by atoms with E-state index in [1.807, 2.05) is 24.3 Å². The molecule has 196 valence electrons. The average molecular weight is 523 g/mol. The highest BCUT2D eigenvalue weighted by molar-refractivity contribution is 5.90. The average Bonchev–Trinajstić information content (AvgIpc) is 3.72. The minimum Gasteiger partial charge on any atom is -0.488 e. The van der Waals surface area contributed by atoms with Crippen molar-refractivity contribution in [2.75, 3.05) is 0 Å². The largest absolute Gasteiger partial charge is 0.488 e. The van der Waals surface area contributed by atoms with Crippen molar-refractivity contribution >= 4 is 16.7 Å². The molecule has 0 amide bonds. The third kappa shape index (κ3) is 5.41. The van der Waals surface area contributed by atoms with Crippen LogP contribution in [0.5, 0.6) is 11.5 Å². The first-order chi connectivity index (χ1) is 18.0. The van der Waals surface area contributed by atoms with Crippen molar-refractivity contribution in [2.24, 2.45) is 0 Å². The van der Waals surface area contributed by atoms with Gasteiger partial charge in [0.05, 0.1) is 11.3 Å². The lowest BCUT2D eigenvalue weighted by Gasteiger charge is -2.22. The molecule has 38 heavy (non-hydrogen) atoms. The highest BCUT2D eigenvalue weighted by atomic mass is 19.4. The standard InChI is InChI=1S/C29H25F3N2O4/c1-28(2,27(35)36)38-22-13-19-5-3-4-6-23(19)24(14-22)37-16-20-15-33-26(34-25(20)17-7-8-17)18-9-11-21(12-10-18)29(30,31)32/h3-6,9-15,17H,7-8,16H2,1-2H3,(H,35,36). The highest BCUT2D eigenvalue weighted by Gasteiger charge is 2.32. The summed E-state index contributed by atoms with van der Waals surface area (Å²) >= 11 is 0. The summed E-state index contributed by atoms with van der Waals surface area (Å²) in [5.41, 5.74) is -0.0490. The van der Waals surface area contributed by atoms with Crippen molar-refractivity contribution in [1.29, 1.82) is 0 Å². The van der Waals surface area contributed by atoms with Gasteiger partial charge in [0.2, 0.25) is 0 Å². The Labute approximate surface area is 217 Å². The van der Waals surface area contributed by atoms with E-state index < -0.39 is 23.3 Å². The maximum Gasteiger partial charge on any atom is 0.416 e. The molecule has 0 unspecified atom stereocenters. The molecule has 1 aromatic heterocycles. The first-order valence-electron chi connectivity index (χ1n) is 12.1. The number of aromatic nitrogens is 2. The summed E-state index contributed by atoms with van der Waals surface area (Å²) in [6.45, 7) is 3.11. The van der Waals surface area contributed by atoms with Crippen LogP contribution in [-0.2, 0) is 17.6 Å². The van der Waals surface area contributed by atoms with Crippen molar-refractivity contribution in [1.82, 2.24) is 9.97 Å². The third-order valence-corrected chi connectivity index (χ3v) is 6.40. The number of hydrogen-bond acceptors (Lipinski definition) is 5. The van der Waals surface area contributed by atoms with Gasteiger partial charge < -0.3 is 14.6 Å². The van der Waals surface area contributed by atoms with Crippen LogP contribution >= 0.6 is 0 Å². The van der Waals surface area contributed by atoms with Crippen LogP contribution < -0.4 is 9.47 Å². The summed E-state index contributed by atoms with van der Waals surface area (Å²) in [6, 6.07) is 15.8. The van der Waals surface area contributed by atoms with Gasteiger partial charge in [0.15, 0.2) is 11.4 Å². The molecule has 1 N–H and O–H groups in total. The van der Waals surface area contributed by atoms with E-state index in [0.717, 1.165) is 47.0 Å². The second-order valence-corrected chi connectivity index (χ2v) is 9.80. The van der Waals surface area contributed by atoms with Crippen LogP contribution in [0.25, 0.3) is 22.2 Å². The number of nitrogens with zero attached hydrogens (tertiary/aromatic N) is 2. The van der Waals surface area contributed by atoms with E-state index in [4.69, 9.17) is 14.5 Å². The summed E-state index contributed by atoms with van der Waals surface area (Å²) in [5.74, 6) is 0.399. The molecule has 1 saturated carbocycles. The van der Waals surface area contributed by atoms with Crippen LogP contribution in [0, 0.1) is 0 Å². The lowest BCUT2D eigenvalue weighted by Crippen LogP contribution is -2.37. The second-order valence-electron chi connectivity index (χ2n) is 9.80. The molecule has 5 rings (SSSR count). The lowest BCUT2D eigenvalue weighted by atomic mass is 10.1. The van der Waals surface area contributed by atoms with Crippen LogP contribution in [0.2, 0.25) is 0 Å². The van der Waals surface area contributed by atoms with Crippen LogP contribution in [0.15, 0.2) is 66.9 Å². The van der Waals surface area contributed by atoms with Crippen molar-refractivity contribution < 1.29 is 32.5 Å². The van der Waals surface area contributed by atoms with Gasteiger partial charge in [-0.15, -0.1) is 0 Å². The fourth-order valence-corrected chi connectivity index (χ4v) is 4.11.